The maximum Gasteiger partial charge on any atom is 0.259 e. The maximum atomic E-state index is 11.9. The highest BCUT2D eigenvalue weighted by atomic mass is 79.9. The van der Waals surface area contributed by atoms with Crippen LogP contribution in [0.25, 0.3) is 0 Å². The summed E-state index contributed by atoms with van der Waals surface area (Å²) >= 11 is 9.11. The molecule has 1 heterocycles. The predicted octanol–water partition coefficient (Wildman–Crippen LogP) is 1.53. The molecule has 0 aliphatic heterocycles. The maximum absolute atomic E-state index is 11.9. The molecule has 16 heavy (non-hydrogen) atoms. The minimum atomic E-state index is -3.59. The van der Waals surface area contributed by atoms with Crippen molar-refractivity contribution in [1.29, 1.82) is 0 Å². The average molecular weight is 331 g/mol. The largest absolute Gasteiger partial charge is 0.259 e. The summed E-state index contributed by atoms with van der Waals surface area (Å²) in [6.45, 7) is 2.28. The summed E-state index contributed by atoms with van der Waals surface area (Å²) in [7, 11) is -2.06. The lowest BCUT2D eigenvalue weighted by Gasteiger charge is -2.10. The quantitative estimate of drug-likeness (QED) is 0.833. The van der Waals surface area contributed by atoms with E-state index in [4.69, 9.17) is 11.6 Å². The van der Waals surface area contributed by atoms with Crippen molar-refractivity contribution in [2.45, 2.75) is 23.2 Å². The number of halogens is 2. The highest BCUT2D eigenvalue weighted by Crippen LogP contribution is 2.19. The molecule has 8 heteroatoms. The molecule has 0 fully saturated rings. The van der Waals surface area contributed by atoms with Gasteiger partial charge in [-0.15, -0.1) is 0 Å². The Labute approximate surface area is 108 Å². The van der Waals surface area contributed by atoms with Crippen molar-refractivity contribution in [1.82, 2.24) is 14.5 Å². The Morgan fingerprint density at radius 3 is 2.75 bits per heavy atom. The Morgan fingerprint density at radius 1 is 1.69 bits per heavy atom. The van der Waals surface area contributed by atoms with Gasteiger partial charge in [-0.05, 0) is 6.42 Å². The van der Waals surface area contributed by atoms with E-state index < -0.39 is 10.0 Å². The van der Waals surface area contributed by atoms with E-state index in [2.05, 4.69) is 25.8 Å². The van der Waals surface area contributed by atoms with Gasteiger partial charge < -0.3 is 0 Å². The fourth-order valence-corrected chi connectivity index (χ4v) is 3.22. The van der Waals surface area contributed by atoms with Gasteiger partial charge in [0.25, 0.3) is 10.0 Å². The number of aryl methyl sites for hydroxylation is 1. The van der Waals surface area contributed by atoms with Crippen LogP contribution in [0.15, 0.2) is 11.2 Å². The summed E-state index contributed by atoms with van der Waals surface area (Å²) in [5.74, 6) is 0. The minimum absolute atomic E-state index is 0.00929. The molecule has 92 valence electrons. The number of alkyl halides is 1. The van der Waals surface area contributed by atoms with Crippen molar-refractivity contribution in [2.24, 2.45) is 7.05 Å². The minimum Gasteiger partial charge on any atom is -0.255 e. The van der Waals surface area contributed by atoms with Crippen molar-refractivity contribution in [3.05, 3.63) is 11.2 Å². The van der Waals surface area contributed by atoms with Crippen LogP contribution < -0.4 is 4.72 Å². The lowest BCUT2D eigenvalue weighted by atomic mass is 10.3. The van der Waals surface area contributed by atoms with E-state index in [1.807, 2.05) is 6.92 Å². The van der Waals surface area contributed by atoms with E-state index in [0.29, 0.717) is 6.54 Å². The topological polar surface area (TPSA) is 64.0 Å². The van der Waals surface area contributed by atoms with Crippen LogP contribution in [0.4, 0.5) is 0 Å². The van der Waals surface area contributed by atoms with Gasteiger partial charge in [0, 0.05) is 18.4 Å². The number of aromatic nitrogens is 2. The molecule has 1 atom stereocenters. The van der Waals surface area contributed by atoms with E-state index in [9.17, 15) is 8.42 Å². The molecular weight excluding hydrogens is 318 g/mol. The SMILES string of the molecule is CCC(Br)CNS(=O)(=O)c1c(Cl)cnn1C. The molecule has 1 aromatic heterocycles. The monoisotopic (exact) mass is 329 g/mol. The number of hydrogen-bond acceptors (Lipinski definition) is 3. The molecule has 0 bridgehead atoms. The van der Waals surface area contributed by atoms with Crippen molar-refractivity contribution < 1.29 is 8.42 Å². The first-order valence-electron chi connectivity index (χ1n) is 4.69. The van der Waals surface area contributed by atoms with Gasteiger partial charge in [0.05, 0.1) is 11.2 Å². The molecule has 1 aromatic rings. The van der Waals surface area contributed by atoms with Gasteiger partial charge in [-0.2, -0.15) is 5.10 Å². The molecule has 1 rings (SSSR count). The van der Waals surface area contributed by atoms with Crippen LogP contribution in [0, 0.1) is 0 Å². The van der Waals surface area contributed by atoms with Gasteiger partial charge in [-0.3, -0.25) is 4.68 Å². The first-order chi connectivity index (χ1) is 7.38. The Hall–Kier alpha value is -0.110. The number of nitrogens with one attached hydrogen (secondary N) is 1. The van der Waals surface area contributed by atoms with Crippen molar-refractivity contribution in [3.63, 3.8) is 0 Å². The molecular formula is C8H13BrClN3O2S. The molecule has 0 amide bonds. The lowest BCUT2D eigenvalue weighted by Crippen LogP contribution is -2.31. The zero-order valence-electron chi connectivity index (χ0n) is 8.94. The van der Waals surface area contributed by atoms with Crippen LogP contribution in [0.2, 0.25) is 5.02 Å². The van der Waals surface area contributed by atoms with Gasteiger partial charge in [0.2, 0.25) is 0 Å². The second-order valence-electron chi connectivity index (χ2n) is 3.28. The van der Waals surface area contributed by atoms with E-state index in [0.717, 1.165) is 6.42 Å². The van der Waals surface area contributed by atoms with E-state index in [-0.39, 0.29) is 14.9 Å². The van der Waals surface area contributed by atoms with Gasteiger partial charge in [-0.1, -0.05) is 34.5 Å². The Balaban J connectivity index is 2.87. The summed E-state index contributed by atoms with van der Waals surface area (Å²) in [6.07, 6.45) is 2.14. The number of sulfonamides is 1. The third-order valence-electron chi connectivity index (χ3n) is 2.03. The average Bonchev–Trinajstić information content (AvgIpc) is 2.55. The van der Waals surface area contributed by atoms with E-state index in [1.54, 1.807) is 0 Å². The summed E-state index contributed by atoms with van der Waals surface area (Å²) < 4.78 is 27.5. The summed E-state index contributed by atoms with van der Waals surface area (Å²) in [6, 6.07) is 0. The Morgan fingerprint density at radius 2 is 2.31 bits per heavy atom. The van der Waals surface area contributed by atoms with Crippen LogP contribution in [-0.2, 0) is 17.1 Å². The van der Waals surface area contributed by atoms with E-state index in [1.165, 1.54) is 17.9 Å². The fraction of sp³-hybridized carbons (Fsp3) is 0.625. The fourth-order valence-electron chi connectivity index (χ4n) is 1.11. The first kappa shape index (κ1) is 14.0. The molecule has 0 aromatic carbocycles. The van der Waals surface area contributed by atoms with Gasteiger partial charge in [-0.25, -0.2) is 13.1 Å². The third kappa shape index (κ3) is 3.19. The highest BCUT2D eigenvalue weighted by molar-refractivity contribution is 9.09. The highest BCUT2D eigenvalue weighted by Gasteiger charge is 2.22. The van der Waals surface area contributed by atoms with Crippen LogP contribution in [0.1, 0.15) is 13.3 Å². The normalized spacial score (nSPS) is 14.0. The molecule has 0 spiro atoms. The van der Waals surface area contributed by atoms with Crippen molar-refractivity contribution >= 4 is 37.6 Å². The zero-order valence-corrected chi connectivity index (χ0v) is 12.1. The lowest BCUT2D eigenvalue weighted by molar-refractivity contribution is 0.562. The first-order valence-corrected chi connectivity index (χ1v) is 7.47. The molecule has 0 aliphatic rings. The van der Waals surface area contributed by atoms with E-state index >= 15 is 0 Å². The van der Waals surface area contributed by atoms with Gasteiger partial charge >= 0.3 is 0 Å². The second kappa shape index (κ2) is 5.48. The number of hydrogen-bond donors (Lipinski definition) is 1. The van der Waals surface area contributed by atoms with Crippen LogP contribution in [-0.4, -0.2) is 29.6 Å². The smallest absolute Gasteiger partial charge is 0.255 e. The number of rotatable bonds is 5. The second-order valence-corrected chi connectivity index (χ2v) is 6.66. The van der Waals surface area contributed by atoms with Crippen molar-refractivity contribution in [2.75, 3.05) is 6.54 Å². The molecule has 5 nitrogen and oxygen atoms in total. The molecule has 0 aliphatic carbocycles. The predicted molar refractivity (Wildman–Crippen MR) is 66.4 cm³/mol. The summed E-state index contributed by atoms with van der Waals surface area (Å²) in [5.41, 5.74) is 0. The summed E-state index contributed by atoms with van der Waals surface area (Å²) in [4.78, 5) is 0.106. The third-order valence-corrected chi connectivity index (χ3v) is 4.93. The van der Waals surface area contributed by atoms with Gasteiger partial charge in [0.1, 0.15) is 0 Å². The summed E-state index contributed by atoms with van der Waals surface area (Å²) in [5, 5.41) is 3.90. The number of nitrogens with zero attached hydrogens (tertiary/aromatic N) is 2. The molecule has 0 radical (unpaired) electrons. The van der Waals surface area contributed by atoms with Crippen LogP contribution in [0.5, 0.6) is 0 Å². The molecule has 0 saturated carbocycles. The Kier molecular flexibility index (Phi) is 4.78. The zero-order chi connectivity index (χ0) is 12.3. The molecule has 1 unspecified atom stereocenters. The Bertz CT molecular complexity index is 440. The van der Waals surface area contributed by atoms with Crippen molar-refractivity contribution in [3.8, 4) is 0 Å². The van der Waals surface area contributed by atoms with Gasteiger partial charge in [0.15, 0.2) is 5.03 Å². The van der Waals surface area contributed by atoms with Crippen LogP contribution in [0.3, 0.4) is 0 Å². The molecule has 0 saturated heterocycles. The van der Waals surface area contributed by atoms with Crippen LogP contribution >= 0.6 is 27.5 Å². The standard InChI is InChI=1S/C8H13BrClN3O2S/c1-3-6(9)4-12-16(14,15)8-7(10)5-11-13(8)2/h5-6,12H,3-4H2,1-2H3. The molecule has 1 N–H and O–H groups in total.